The van der Waals surface area contributed by atoms with Crippen LogP contribution < -0.4 is 25.0 Å². The van der Waals surface area contributed by atoms with Crippen molar-refractivity contribution >= 4 is 49.7 Å². The van der Waals surface area contributed by atoms with Crippen LogP contribution in [-0.2, 0) is 14.6 Å². The summed E-state index contributed by atoms with van der Waals surface area (Å²) in [6.07, 6.45) is 7.06. The van der Waals surface area contributed by atoms with Crippen LogP contribution in [0.15, 0.2) is 67.6 Å². The van der Waals surface area contributed by atoms with Crippen LogP contribution in [0, 0.1) is 5.82 Å². The van der Waals surface area contributed by atoms with Crippen LogP contribution in [-0.4, -0.2) is 85.0 Å². The molecule has 2 aromatic heterocycles. The highest BCUT2D eigenvalue weighted by Gasteiger charge is 2.35. The van der Waals surface area contributed by atoms with Gasteiger partial charge in [-0.2, -0.15) is 0 Å². The number of ether oxygens (including phenoxy) is 2. The number of aromatic nitrogens is 3. The summed E-state index contributed by atoms with van der Waals surface area (Å²) >= 11 is 0. The number of rotatable bonds is 10. The average Bonchev–Trinajstić information content (AvgIpc) is 3.01. The summed E-state index contributed by atoms with van der Waals surface area (Å²) in [6.45, 7) is 5.55. The number of nitrogens with one attached hydrogen (secondary N) is 2. The maximum atomic E-state index is 15.4. The molecule has 2 aromatic carbocycles. The van der Waals surface area contributed by atoms with Gasteiger partial charge in [-0.05, 0) is 43.2 Å². The number of anilines is 4. The van der Waals surface area contributed by atoms with Crippen molar-refractivity contribution in [1.29, 1.82) is 0 Å². The summed E-state index contributed by atoms with van der Waals surface area (Å²) in [5.74, 6) is 1.72. The number of carbonyl (C=O) groups is 1. The number of piperidine rings is 1. The molecule has 240 valence electrons. The van der Waals surface area contributed by atoms with E-state index in [4.69, 9.17) is 9.47 Å². The molecule has 4 aromatic rings. The summed E-state index contributed by atoms with van der Waals surface area (Å²) in [5.41, 5.74) is 1.55. The van der Waals surface area contributed by atoms with Crippen LogP contribution >= 0.6 is 0 Å². The molecule has 14 heteroatoms. The van der Waals surface area contributed by atoms with E-state index < -0.39 is 20.9 Å². The Balaban J connectivity index is 1.16. The van der Waals surface area contributed by atoms with Gasteiger partial charge in [0, 0.05) is 68.3 Å². The van der Waals surface area contributed by atoms with Gasteiger partial charge in [0.15, 0.2) is 9.84 Å². The number of benzene rings is 2. The second-order valence-corrected chi connectivity index (χ2v) is 13.6. The Kier molecular flexibility index (Phi) is 8.63. The summed E-state index contributed by atoms with van der Waals surface area (Å²) < 4.78 is 50.4. The third kappa shape index (κ3) is 6.66. The first kappa shape index (κ1) is 31.0. The summed E-state index contributed by atoms with van der Waals surface area (Å²) in [7, 11) is -1.52. The second-order valence-electron chi connectivity index (χ2n) is 11.3. The number of hydrogen-bond donors (Lipinski definition) is 2. The number of fused-ring (bicyclic) bond motifs is 1. The largest absolute Gasteiger partial charge is 0.495 e. The van der Waals surface area contributed by atoms with E-state index in [2.05, 4.69) is 32.2 Å². The molecular formula is C32H34FN7O5S. The predicted molar refractivity (Wildman–Crippen MR) is 174 cm³/mol. The fourth-order valence-electron chi connectivity index (χ4n) is 5.51. The van der Waals surface area contributed by atoms with Gasteiger partial charge >= 0.3 is 0 Å². The molecule has 2 aliphatic heterocycles. The smallest absolute Gasteiger partial charge is 0.245 e. The molecule has 2 fully saturated rings. The van der Waals surface area contributed by atoms with Crippen LogP contribution in [0.3, 0.4) is 0 Å². The van der Waals surface area contributed by atoms with E-state index in [1.807, 2.05) is 11.0 Å². The lowest BCUT2D eigenvalue weighted by atomic mass is 10.0. The highest BCUT2D eigenvalue weighted by atomic mass is 32.2. The number of carbonyl (C=O) groups excluding carboxylic acids is 1. The van der Waals surface area contributed by atoms with Gasteiger partial charge in [-0.25, -0.2) is 27.8 Å². The number of nitrogens with zero attached hydrogens (tertiary/aromatic N) is 5. The lowest BCUT2D eigenvalue weighted by Crippen LogP contribution is -2.54. The molecule has 0 spiro atoms. The SMILES string of the molecule is C=CC(=O)N1CCC(Nc2cc3c(Nc4ccc(Oc5ccnc(N6CC(S(C)(=O)=O)C6)c5)cc4F)ncnc3cc2OC)CC1. The molecule has 2 aliphatic rings. The molecule has 6 rings (SSSR count). The zero-order valence-corrected chi connectivity index (χ0v) is 26.3. The fraction of sp³-hybridized carbons (Fsp3) is 0.312. The second kappa shape index (κ2) is 12.8. The third-order valence-corrected chi connectivity index (χ3v) is 9.73. The quantitative estimate of drug-likeness (QED) is 0.235. The van der Waals surface area contributed by atoms with E-state index in [0.717, 1.165) is 18.5 Å². The van der Waals surface area contributed by atoms with Gasteiger partial charge in [0.1, 0.15) is 41.0 Å². The lowest BCUT2D eigenvalue weighted by molar-refractivity contribution is -0.126. The minimum absolute atomic E-state index is 0.0682. The Morgan fingerprint density at radius 3 is 2.50 bits per heavy atom. The van der Waals surface area contributed by atoms with E-state index >= 15 is 4.39 Å². The lowest BCUT2D eigenvalue weighted by Gasteiger charge is -2.38. The Morgan fingerprint density at radius 2 is 1.80 bits per heavy atom. The maximum Gasteiger partial charge on any atom is 0.245 e. The summed E-state index contributed by atoms with van der Waals surface area (Å²) in [6, 6.07) is 11.6. The van der Waals surface area contributed by atoms with Gasteiger partial charge in [-0.1, -0.05) is 6.58 Å². The van der Waals surface area contributed by atoms with Gasteiger partial charge in [0.25, 0.3) is 0 Å². The first-order chi connectivity index (χ1) is 22.1. The standard InChI is InChI=1S/C32H34FN7O5S/c1-4-31(41)39-11-8-20(9-12-39)37-28-15-24-27(16-29(28)44-2)35-19-36-32(24)38-26-6-5-21(13-25(26)33)45-22-7-10-34-30(14-22)40-17-23(18-40)46(3,42)43/h4-7,10,13-16,19-20,23,37H,1,8-9,11-12,17-18H2,2-3H3,(H,35,36,38). The summed E-state index contributed by atoms with van der Waals surface area (Å²) in [4.78, 5) is 28.7. The van der Waals surface area contributed by atoms with Crippen LogP contribution in [0.4, 0.5) is 27.4 Å². The number of methoxy groups -OCH3 is 1. The molecule has 0 aliphatic carbocycles. The Hall–Kier alpha value is -4.98. The van der Waals surface area contributed by atoms with Crippen molar-refractivity contribution in [3.63, 3.8) is 0 Å². The molecule has 46 heavy (non-hydrogen) atoms. The normalized spacial score (nSPS) is 15.7. The predicted octanol–water partition coefficient (Wildman–Crippen LogP) is 4.53. The van der Waals surface area contributed by atoms with Gasteiger partial charge in [-0.15, -0.1) is 0 Å². The number of pyridine rings is 1. The number of sulfone groups is 1. The zero-order valence-electron chi connectivity index (χ0n) is 25.4. The average molecular weight is 648 g/mol. The topological polar surface area (TPSA) is 139 Å². The van der Waals surface area contributed by atoms with Crippen LogP contribution in [0.25, 0.3) is 10.9 Å². The zero-order chi connectivity index (χ0) is 32.4. The molecule has 0 saturated carbocycles. The van der Waals surface area contributed by atoms with Crippen molar-refractivity contribution in [2.75, 3.05) is 55.1 Å². The van der Waals surface area contributed by atoms with Crippen LogP contribution in [0.1, 0.15) is 12.8 Å². The first-order valence-corrected chi connectivity index (χ1v) is 16.7. The van der Waals surface area contributed by atoms with Crippen molar-refractivity contribution < 1.29 is 27.1 Å². The van der Waals surface area contributed by atoms with Crippen molar-refractivity contribution in [3.8, 4) is 17.2 Å². The van der Waals surface area contributed by atoms with E-state index in [1.54, 1.807) is 48.5 Å². The molecule has 0 atom stereocenters. The highest BCUT2D eigenvalue weighted by Crippen LogP contribution is 2.36. The molecular weight excluding hydrogens is 613 g/mol. The van der Waals surface area contributed by atoms with E-state index in [9.17, 15) is 13.2 Å². The monoisotopic (exact) mass is 647 g/mol. The highest BCUT2D eigenvalue weighted by molar-refractivity contribution is 7.91. The van der Waals surface area contributed by atoms with Crippen molar-refractivity contribution in [3.05, 3.63) is 73.5 Å². The molecule has 0 unspecified atom stereocenters. The molecule has 0 radical (unpaired) electrons. The maximum absolute atomic E-state index is 15.4. The molecule has 2 N–H and O–H groups in total. The van der Waals surface area contributed by atoms with E-state index in [-0.39, 0.29) is 23.4 Å². The molecule has 2 saturated heterocycles. The third-order valence-electron chi connectivity index (χ3n) is 8.22. The Bertz CT molecular complexity index is 1890. The van der Waals surface area contributed by atoms with E-state index in [0.29, 0.717) is 60.2 Å². The van der Waals surface area contributed by atoms with E-state index in [1.165, 1.54) is 24.7 Å². The van der Waals surface area contributed by atoms with Crippen molar-refractivity contribution in [1.82, 2.24) is 19.9 Å². The van der Waals surface area contributed by atoms with Crippen molar-refractivity contribution in [2.24, 2.45) is 0 Å². The minimum Gasteiger partial charge on any atom is -0.495 e. The van der Waals surface area contributed by atoms with Crippen LogP contribution in [0.5, 0.6) is 17.2 Å². The molecule has 0 bridgehead atoms. The minimum atomic E-state index is -3.10. The van der Waals surface area contributed by atoms with Gasteiger partial charge in [0.05, 0.1) is 29.3 Å². The number of likely N-dealkylation sites (tertiary alicyclic amines) is 1. The Labute approximate surface area is 266 Å². The molecule has 4 heterocycles. The number of hydrogen-bond acceptors (Lipinski definition) is 11. The number of halogens is 1. The van der Waals surface area contributed by atoms with Gasteiger partial charge in [-0.3, -0.25) is 4.79 Å². The van der Waals surface area contributed by atoms with Gasteiger partial charge in [0.2, 0.25) is 5.91 Å². The summed E-state index contributed by atoms with van der Waals surface area (Å²) in [5, 5.41) is 6.87. The Morgan fingerprint density at radius 1 is 1.04 bits per heavy atom. The first-order valence-electron chi connectivity index (χ1n) is 14.8. The van der Waals surface area contributed by atoms with Crippen LogP contribution in [0.2, 0.25) is 0 Å². The molecule has 1 amide bonds. The fourth-order valence-corrected chi connectivity index (χ4v) is 6.42. The van der Waals surface area contributed by atoms with Crippen molar-refractivity contribution in [2.45, 2.75) is 24.1 Å². The number of amides is 1. The molecule has 12 nitrogen and oxygen atoms in total. The van der Waals surface area contributed by atoms with Gasteiger partial charge < -0.3 is 29.9 Å².